The minimum Gasteiger partial charge on any atom is -0.497 e. The van der Waals surface area contributed by atoms with E-state index in [-0.39, 0.29) is 5.91 Å². The lowest BCUT2D eigenvalue weighted by Gasteiger charge is -2.17. The normalized spacial score (nSPS) is 11.4. The SMILES string of the molecule is CC[C@@H](Oc1ccc(OC)cc1)C(=O)Nc1ccc(OC)cc1. The van der Waals surface area contributed by atoms with Crippen LogP contribution in [-0.2, 0) is 4.79 Å². The van der Waals surface area contributed by atoms with Crippen molar-refractivity contribution in [2.75, 3.05) is 19.5 Å². The van der Waals surface area contributed by atoms with Crippen LogP contribution in [0.25, 0.3) is 0 Å². The summed E-state index contributed by atoms with van der Waals surface area (Å²) >= 11 is 0. The molecule has 0 aliphatic rings. The molecule has 0 spiro atoms. The van der Waals surface area contributed by atoms with E-state index in [1.54, 1.807) is 62.8 Å². The molecule has 0 unspecified atom stereocenters. The number of carbonyl (C=O) groups excluding carboxylic acids is 1. The van der Waals surface area contributed by atoms with Gasteiger partial charge in [-0.2, -0.15) is 0 Å². The van der Waals surface area contributed by atoms with Crippen LogP contribution in [0.3, 0.4) is 0 Å². The van der Waals surface area contributed by atoms with Crippen LogP contribution in [0, 0.1) is 0 Å². The third-order valence-electron chi connectivity index (χ3n) is 3.36. The molecule has 0 saturated heterocycles. The van der Waals surface area contributed by atoms with E-state index in [0.29, 0.717) is 17.9 Å². The summed E-state index contributed by atoms with van der Waals surface area (Å²) in [5, 5.41) is 2.84. The summed E-state index contributed by atoms with van der Waals surface area (Å²) in [5.74, 6) is 1.92. The molecule has 0 radical (unpaired) electrons. The van der Waals surface area contributed by atoms with Crippen molar-refractivity contribution in [1.29, 1.82) is 0 Å². The lowest BCUT2D eigenvalue weighted by molar-refractivity contribution is -0.122. The molecular weight excluding hydrogens is 294 g/mol. The van der Waals surface area contributed by atoms with Crippen molar-refractivity contribution < 1.29 is 19.0 Å². The number of nitrogens with one attached hydrogen (secondary N) is 1. The van der Waals surface area contributed by atoms with E-state index in [2.05, 4.69) is 5.32 Å². The van der Waals surface area contributed by atoms with E-state index in [1.165, 1.54) is 0 Å². The van der Waals surface area contributed by atoms with Gasteiger partial charge in [0, 0.05) is 5.69 Å². The summed E-state index contributed by atoms with van der Waals surface area (Å²) < 4.78 is 15.9. The Morgan fingerprint density at radius 2 is 1.39 bits per heavy atom. The summed E-state index contributed by atoms with van der Waals surface area (Å²) in [6.07, 6.45) is -0.000846. The Hall–Kier alpha value is -2.69. The zero-order valence-corrected chi connectivity index (χ0v) is 13.5. The van der Waals surface area contributed by atoms with Crippen LogP contribution in [0.15, 0.2) is 48.5 Å². The second kappa shape index (κ2) is 8.08. The second-order valence-corrected chi connectivity index (χ2v) is 4.91. The van der Waals surface area contributed by atoms with E-state index in [0.717, 1.165) is 11.5 Å². The number of anilines is 1. The van der Waals surface area contributed by atoms with Gasteiger partial charge in [0.1, 0.15) is 17.2 Å². The van der Waals surface area contributed by atoms with E-state index in [1.807, 2.05) is 6.92 Å². The van der Waals surface area contributed by atoms with Crippen molar-refractivity contribution in [3.05, 3.63) is 48.5 Å². The first-order valence-electron chi connectivity index (χ1n) is 7.42. The molecule has 2 aromatic rings. The lowest BCUT2D eigenvalue weighted by Crippen LogP contribution is -2.32. The molecule has 23 heavy (non-hydrogen) atoms. The van der Waals surface area contributed by atoms with Crippen LogP contribution in [0.1, 0.15) is 13.3 Å². The molecule has 0 aliphatic heterocycles. The fourth-order valence-corrected chi connectivity index (χ4v) is 2.04. The Kier molecular flexibility index (Phi) is 5.86. The average molecular weight is 315 g/mol. The highest BCUT2D eigenvalue weighted by Gasteiger charge is 2.18. The molecule has 1 atom stereocenters. The first-order valence-corrected chi connectivity index (χ1v) is 7.42. The fourth-order valence-electron chi connectivity index (χ4n) is 2.04. The predicted molar refractivity (Wildman–Crippen MR) is 89.3 cm³/mol. The number of hydrogen-bond donors (Lipinski definition) is 1. The Bertz CT molecular complexity index is 622. The number of benzene rings is 2. The van der Waals surface area contributed by atoms with E-state index in [9.17, 15) is 4.79 Å². The van der Waals surface area contributed by atoms with E-state index < -0.39 is 6.10 Å². The van der Waals surface area contributed by atoms with Crippen LogP contribution in [-0.4, -0.2) is 26.2 Å². The van der Waals surface area contributed by atoms with Crippen molar-refractivity contribution in [2.45, 2.75) is 19.4 Å². The third kappa shape index (κ3) is 4.64. The molecule has 122 valence electrons. The summed E-state index contributed by atoms with van der Waals surface area (Å²) in [4.78, 5) is 12.3. The van der Waals surface area contributed by atoms with Gasteiger partial charge in [0.25, 0.3) is 5.91 Å². The molecular formula is C18H21NO4. The molecule has 1 amide bonds. The zero-order valence-electron chi connectivity index (χ0n) is 13.5. The first kappa shape index (κ1) is 16.7. The van der Waals surface area contributed by atoms with E-state index in [4.69, 9.17) is 14.2 Å². The molecule has 0 heterocycles. The molecule has 0 saturated carbocycles. The van der Waals surface area contributed by atoms with Crippen molar-refractivity contribution in [3.63, 3.8) is 0 Å². The average Bonchev–Trinajstić information content (AvgIpc) is 2.60. The minimum absolute atomic E-state index is 0.187. The predicted octanol–water partition coefficient (Wildman–Crippen LogP) is 3.50. The molecule has 2 aromatic carbocycles. The maximum absolute atomic E-state index is 12.3. The summed E-state index contributed by atoms with van der Waals surface area (Å²) in [7, 11) is 3.20. The van der Waals surface area contributed by atoms with Gasteiger partial charge in [0.15, 0.2) is 6.10 Å². The lowest BCUT2D eigenvalue weighted by atomic mass is 10.2. The number of ether oxygens (including phenoxy) is 3. The van der Waals surface area contributed by atoms with Crippen molar-refractivity contribution in [1.82, 2.24) is 0 Å². The topological polar surface area (TPSA) is 56.8 Å². The first-order chi connectivity index (χ1) is 11.2. The van der Waals surface area contributed by atoms with Crippen LogP contribution in [0.5, 0.6) is 17.2 Å². The largest absolute Gasteiger partial charge is 0.497 e. The number of hydrogen-bond acceptors (Lipinski definition) is 4. The van der Waals surface area contributed by atoms with Crippen molar-refractivity contribution in [2.24, 2.45) is 0 Å². The summed E-state index contributed by atoms with van der Waals surface area (Å²) in [5.41, 5.74) is 0.701. The molecule has 0 fully saturated rings. The molecule has 0 aliphatic carbocycles. The molecule has 2 rings (SSSR count). The molecule has 5 heteroatoms. The van der Waals surface area contributed by atoms with Gasteiger partial charge < -0.3 is 19.5 Å². The van der Waals surface area contributed by atoms with Gasteiger partial charge in [-0.15, -0.1) is 0 Å². The van der Waals surface area contributed by atoms with Gasteiger partial charge in [-0.1, -0.05) is 6.92 Å². The highest BCUT2D eigenvalue weighted by atomic mass is 16.5. The number of methoxy groups -OCH3 is 2. The standard InChI is InChI=1S/C18H21NO4/c1-4-17(23-16-11-9-15(22-3)10-12-16)18(20)19-13-5-7-14(21-2)8-6-13/h5-12,17H,4H2,1-3H3,(H,19,20)/t17-/m1/s1. The Morgan fingerprint density at radius 3 is 1.87 bits per heavy atom. The van der Waals surface area contributed by atoms with Crippen LogP contribution < -0.4 is 19.5 Å². The smallest absolute Gasteiger partial charge is 0.265 e. The quantitative estimate of drug-likeness (QED) is 0.849. The maximum Gasteiger partial charge on any atom is 0.265 e. The molecule has 5 nitrogen and oxygen atoms in total. The monoisotopic (exact) mass is 315 g/mol. The van der Waals surface area contributed by atoms with Crippen LogP contribution in [0.2, 0.25) is 0 Å². The van der Waals surface area contributed by atoms with Gasteiger partial charge >= 0.3 is 0 Å². The number of amides is 1. The molecule has 0 aromatic heterocycles. The number of carbonyl (C=O) groups is 1. The van der Waals surface area contributed by atoms with Crippen molar-refractivity contribution >= 4 is 11.6 Å². The molecule has 0 bridgehead atoms. The van der Waals surface area contributed by atoms with Gasteiger partial charge in [0.2, 0.25) is 0 Å². The van der Waals surface area contributed by atoms with Gasteiger partial charge in [0.05, 0.1) is 14.2 Å². The Morgan fingerprint density at radius 1 is 0.913 bits per heavy atom. The third-order valence-corrected chi connectivity index (χ3v) is 3.36. The zero-order chi connectivity index (χ0) is 16.7. The van der Waals surface area contributed by atoms with Crippen LogP contribution >= 0.6 is 0 Å². The van der Waals surface area contributed by atoms with E-state index >= 15 is 0 Å². The highest BCUT2D eigenvalue weighted by Crippen LogP contribution is 2.20. The summed E-state index contributed by atoms with van der Waals surface area (Å²) in [6, 6.07) is 14.3. The van der Waals surface area contributed by atoms with Crippen molar-refractivity contribution in [3.8, 4) is 17.2 Å². The number of rotatable bonds is 7. The fraction of sp³-hybridized carbons (Fsp3) is 0.278. The van der Waals surface area contributed by atoms with Crippen LogP contribution in [0.4, 0.5) is 5.69 Å². The Balaban J connectivity index is 1.99. The highest BCUT2D eigenvalue weighted by molar-refractivity contribution is 5.94. The maximum atomic E-state index is 12.3. The molecule has 1 N–H and O–H groups in total. The van der Waals surface area contributed by atoms with Gasteiger partial charge in [-0.05, 0) is 55.0 Å². The minimum atomic E-state index is -0.564. The second-order valence-electron chi connectivity index (χ2n) is 4.91. The Labute approximate surface area is 136 Å². The van der Waals surface area contributed by atoms with Gasteiger partial charge in [-0.3, -0.25) is 4.79 Å². The van der Waals surface area contributed by atoms with Gasteiger partial charge in [-0.25, -0.2) is 0 Å². The summed E-state index contributed by atoms with van der Waals surface area (Å²) in [6.45, 7) is 1.90.